The van der Waals surface area contributed by atoms with Gasteiger partial charge >= 0.3 is 0 Å². The standard InChI is InChI=1S/C55H41N3O/c1-54(2)43-23-11-8-19-38(43)41-30-28-36(32-48(41)54)52-56-51(34-16-4-3-5-17-34)57-53(58-52)42-22-7-6-18-37(42)35-29-31-47-50(33-35)59-49-27-15-14-26-46(49)55(47)44-24-12-9-20-39(44)40-21-10-13-25-45(40)55/h3-31,33,36,51H,32H2,1-2H3,(H,56,57,58). The van der Waals surface area contributed by atoms with Crippen LogP contribution in [-0.4, -0.2) is 11.7 Å². The van der Waals surface area contributed by atoms with E-state index < -0.39 is 5.41 Å². The van der Waals surface area contributed by atoms with Crippen LogP contribution in [0, 0.1) is 5.92 Å². The van der Waals surface area contributed by atoms with Crippen molar-refractivity contribution in [2.75, 3.05) is 0 Å². The predicted molar refractivity (Wildman–Crippen MR) is 239 cm³/mol. The molecule has 0 bridgehead atoms. The molecule has 12 rings (SSSR count). The number of rotatable bonds is 4. The van der Waals surface area contributed by atoms with Gasteiger partial charge in [-0.15, -0.1) is 0 Å². The molecule has 0 fully saturated rings. The highest BCUT2D eigenvalue weighted by molar-refractivity contribution is 6.14. The summed E-state index contributed by atoms with van der Waals surface area (Å²) in [6.07, 6.45) is 5.19. The summed E-state index contributed by atoms with van der Waals surface area (Å²) >= 11 is 0. The Morgan fingerprint density at radius 2 is 1.14 bits per heavy atom. The maximum atomic E-state index is 6.91. The first-order valence-corrected chi connectivity index (χ1v) is 20.7. The average Bonchev–Trinajstić information content (AvgIpc) is 3.72. The Morgan fingerprint density at radius 3 is 1.88 bits per heavy atom. The van der Waals surface area contributed by atoms with E-state index in [-0.39, 0.29) is 17.5 Å². The van der Waals surface area contributed by atoms with Gasteiger partial charge in [0.05, 0.1) is 5.41 Å². The zero-order valence-corrected chi connectivity index (χ0v) is 33.0. The van der Waals surface area contributed by atoms with Crippen LogP contribution in [-0.2, 0) is 10.8 Å². The van der Waals surface area contributed by atoms with Crippen molar-refractivity contribution in [3.63, 3.8) is 0 Å². The maximum absolute atomic E-state index is 6.91. The van der Waals surface area contributed by atoms with E-state index in [0.717, 1.165) is 57.4 Å². The summed E-state index contributed by atoms with van der Waals surface area (Å²) in [6.45, 7) is 4.73. The molecule has 282 valence electrons. The molecular formula is C55H41N3O. The summed E-state index contributed by atoms with van der Waals surface area (Å²) in [4.78, 5) is 10.7. The molecule has 0 saturated heterocycles. The molecule has 2 heterocycles. The van der Waals surface area contributed by atoms with E-state index in [1.807, 2.05) is 0 Å². The van der Waals surface area contributed by atoms with Gasteiger partial charge in [-0.25, -0.2) is 9.98 Å². The van der Waals surface area contributed by atoms with Crippen molar-refractivity contribution in [3.8, 4) is 33.8 Å². The van der Waals surface area contributed by atoms with Gasteiger partial charge in [0.25, 0.3) is 0 Å². The third-order valence-electron chi connectivity index (χ3n) is 13.4. The van der Waals surface area contributed by atoms with E-state index in [0.29, 0.717) is 0 Å². The lowest BCUT2D eigenvalue weighted by Crippen LogP contribution is -2.40. The third-order valence-corrected chi connectivity index (χ3v) is 13.4. The SMILES string of the molecule is CC1(C)C2=C(C=CC(C3=NC(c4ccccc4)N=C(c4ccccc4-c4ccc5c(c4)Oc4ccccc4C54c5ccccc5-c5ccccc54)N3)C2)c2ccccc21. The summed E-state index contributed by atoms with van der Waals surface area (Å²) in [5.74, 6) is 3.59. The number of benzene rings is 7. The van der Waals surface area contributed by atoms with Crippen LogP contribution < -0.4 is 10.1 Å². The molecule has 59 heavy (non-hydrogen) atoms. The second kappa shape index (κ2) is 12.7. The summed E-state index contributed by atoms with van der Waals surface area (Å²) in [5.41, 5.74) is 16.7. The van der Waals surface area contributed by atoms with Crippen LogP contribution in [0.1, 0.15) is 70.9 Å². The zero-order chi connectivity index (χ0) is 39.3. The van der Waals surface area contributed by atoms with Gasteiger partial charge in [0, 0.05) is 28.0 Å². The Morgan fingerprint density at radius 1 is 0.542 bits per heavy atom. The van der Waals surface area contributed by atoms with Gasteiger partial charge in [-0.3, -0.25) is 0 Å². The molecule has 2 aliphatic heterocycles. The quantitative estimate of drug-likeness (QED) is 0.194. The van der Waals surface area contributed by atoms with Gasteiger partial charge in [0.1, 0.15) is 23.2 Å². The molecule has 0 radical (unpaired) electrons. The first kappa shape index (κ1) is 34.0. The largest absolute Gasteiger partial charge is 0.457 e. The minimum Gasteiger partial charge on any atom is -0.457 e. The van der Waals surface area contributed by atoms with E-state index in [9.17, 15) is 0 Å². The fraction of sp³-hybridized carbons (Fsp3) is 0.127. The second-order valence-electron chi connectivity index (χ2n) is 16.8. The lowest BCUT2D eigenvalue weighted by atomic mass is 9.66. The Labute approximate surface area is 345 Å². The number of aliphatic imine (C=N–C) groups is 2. The molecule has 4 heteroatoms. The molecule has 7 aromatic carbocycles. The summed E-state index contributed by atoms with van der Waals surface area (Å²) in [6, 6.07) is 61.0. The molecule has 1 spiro atoms. The topological polar surface area (TPSA) is 46.0 Å². The van der Waals surface area contributed by atoms with Crippen molar-refractivity contribution in [1.29, 1.82) is 0 Å². The van der Waals surface area contributed by atoms with Gasteiger partial charge in [-0.1, -0.05) is 189 Å². The fourth-order valence-corrected chi connectivity index (χ4v) is 10.7. The van der Waals surface area contributed by atoms with Crippen molar-refractivity contribution in [3.05, 3.63) is 232 Å². The number of ether oxygens (including phenoxy) is 1. The Hall–Kier alpha value is -7.04. The summed E-state index contributed by atoms with van der Waals surface area (Å²) in [5, 5.41) is 3.81. The number of nitrogens with one attached hydrogen (secondary N) is 1. The minimum atomic E-state index is -0.503. The number of hydrogen-bond donors (Lipinski definition) is 1. The highest BCUT2D eigenvalue weighted by atomic mass is 16.5. The van der Waals surface area contributed by atoms with Gasteiger partial charge < -0.3 is 10.1 Å². The normalized spacial score (nSPS) is 19.6. The molecular weight excluding hydrogens is 719 g/mol. The van der Waals surface area contributed by atoms with Gasteiger partial charge in [-0.2, -0.15) is 0 Å². The lowest BCUT2D eigenvalue weighted by molar-refractivity contribution is 0.436. The van der Waals surface area contributed by atoms with Crippen molar-refractivity contribution in [2.45, 2.75) is 37.3 Å². The maximum Gasteiger partial charge on any atom is 0.169 e. The van der Waals surface area contributed by atoms with Crippen molar-refractivity contribution in [1.82, 2.24) is 5.32 Å². The summed E-state index contributed by atoms with van der Waals surface area (Å²) in [7, 11) is 0. The van der Waals surface area contributed by atoms with Crippen LogP contribution in [0.5, 0.6) is 11.5 Å². The average molecular weight is 760 g/mol. The summed E-state index contributed by atoms with van der Waals surface area (Å²) < 4.78 is 6.91. The van der Waals surface area contributed by atoms with E-state index >= 15 is 0 Å². The van der Waals surface area contributed by atoms with Crippen LogP contribution >= 0.6 is 0 Å². The van der Waals surface area contributed by atoms with Gasteiger partial charge in [0.2, 0.25) is 0 Å². The van der Waals surface area contributed by atoms with Crippen LogP contribution in [0.15, 0.2) is 198 Å². The molecule has 0 amide bonds. The minimum absolute atomic E-state index is 0.0528. The number of allylic oxidation sites excluding steroid dienone is 3. The zero-order valence-electron chi connectivity index (χ0n) is 33.0. The van der Waals surface area contributed by atoms with Crippen LogP contribution in [0.2, 0.25) is 0 Å². The van der Waals surface area contributed by atoms with Crippen LogP contribution in [0.25, 0.3) is 27.8 Å². The number of para-hydroxylation sites is 1. The molecule has 3 aliphatic carbocycles. The fourth-order valence-electron chi connectivity index (χ4n) is 10.7. The molecule has 0 saturated carbocycles. The molecule has 4 nitrogen and oxygen atoms in total. The predicted octanol–water partition coefficient (Wildman–Crippen LogP) is 12.6. The second-order valence-corrected chi connectivity index (χ2v) is 16.8. The Balaban J connectivity index is 0.962. The van der Waals surface area contributed by atoms with Gasteiger partial charge in [-0.05, 0) is 74.2 Å². The molecule has 2 unspecified atom stereocenters. The van der Waals surface area contributed by atoms with E-state index in [2.05, 4.69) is 201 Å². The van der Waals surface area contributed by atoms with Crippen LogP contribution in [0.4, 0.5) is 0 Å². The molecule has 0 aromatic heterocycles. The first-order chi connectivity index (χ1) is 29.0. The van der Waals surface area contributed by atoms with Crippen LogP contribution in [0.3, 0.4) is 0 Å². The number of fused-ring (bicyclic) bond motifs is 11. The van der Waals surface area contributed by atoms with E-state index in [1.54, 1.807) is 0 Å². The first-order valence-electron chi connectivity index (χ1n) is 20.7. The number of hydrogen-bond acceptors (Lipinski definition) is 4. The van der Waals surface area contributed by atoms with Crippen molar-refractivity contribution >= 4 is 17.2 Å². The smallest absolute Gasteiger partial charge is 0.169 e. The lowest BCUT2D eigenvalue weighted by Gasteiger charge is -2.39. The van der Waals surface area contributed by atoms with E-state index in [4.69, 9.17) is 14.7 Å². The highest BCUT2D eigenvalue weighted by Gasteiger charge is 2.51. The monoisotopic (exact) mass is 759 g/mol. The Bertz CT molecular complexity index is 2970. The van der Waals surface area contributed by atoms with Crippen molar-refractivity contribution < 1.29 is 4.74 Å². The number of nitrogens with zero attached hydrogens (tertiary/aromatic N) is 2. The highest BCUT2D eigenvalue weighted by Crippen LogP contribution is 2.62. The number of amidine groups is 2. The van der Waals surface area contributed by atoms with Gasteiger partial charge in [0.15, 0.2) is 6.17 Å². The van der Waals surface area contributed by atoms with E-state index in [1.165, 1.54) is 50.1 Å². The van der Waals surface area contributed by atoms with Crippen molar-refractivity contribution in [2.24, 2.45) is 15.9 Å². The molecule has 7 aromatic rings. The molecule has 2 atom stereocenters. The molecule has 1 N–H and O–H groups in total. The Kier molecular flexibility index (Phi) is 7.34. The third kappa shape index (κ3) is 4.90. The molecule has 5 aliphatic rings.